The Hall–Kier alpha value is -7.77. The number of aromatic nitrogens is 4. The van der Waals surface area contributed by atoms with Gasteiger partial charge < -0.3 is 4.57 Å². The largest absolute Gasteiger partial charge is 0.309 e. The zero-order valence-electron chi connectivity index (χ0n) is 33.6. The van der Waals surface area contributed by atoms with E-state index in [1.807, 2.05) is 40.9 Å². The van der Waals surface area contributed by atoms with Gasteiger partial charge in [0.1, 0.15) is 0 Å². The van der Waals surface area contributed by atoms with E-state index in [2.05, 4.69) is 180 Å². The minimum atomic E-state index is 0.658. The van der Waals surface area contributed by atoms with Gasteiger partial charge >= 0.3 is 0 Å². The summed E-state index contributed by atoms with van der Waals surface area (Å²) in [6, 6.07) is 70.0. The molecule has 14 aromatic rings. The van der Waals surface area contributed by atoms with Crippen LogP contribution in [0, 0.1) is 0 Å². The van der Waals surface area contributed by atoms with Crippen LogP contribution in [0.15, 0.2) is 194 Å². The topological polar surface area (TPSA) is 43.6 Å². The second-order valence-corrected chi connectivity index (χ2v) is 18.4. The molecule has 63 heavy (non-hydrogen) atoms. The first-order valence-electron chi connectivity index (χ1n) is 21.2. The molecule has 0 N–H and O–H groups in total. The molecule has 0 atom stereocenters. The first-order valence-corrected chi connectivity index (χ1v) is 22.8. The SMILES string of the molecule is c1ccc(-c2nc(-c3ccc4c(c3)sc3ccccc34)nc(-c3cccc4c3sc3c(-c5ccc6c7c5c5ccccc5c5cccc(c57)n6-c5ccccc5)cccc34)n2)cc1. The molecule has 4 nitrogen and oxygen atoms in total. The molecule has 4 heterocycles. The van der Waals surface area contributed by atoms with Gasteiger partial charge in [-0.15, -0.1) is 22.7 Å². The van der Waals surface area contributed by atoms with Crippen molar-refractivity contribution in [3.63, 3.8) is 0 Å². The van der Waals surface area contributed by atoms with Crippen LogP contribution in [0.2, 0.25) is 0 Å². The van der Waals surface area contributed by atoms with Crippen LogP contribution in [-0.2, 0) is 0 Å². The maximum Gasteiger partial charge on any atom is 0.165 e. The molecule has 0 saturated carbocycles. The summed E-state index contributed by atoms with van der Waals surface area (Å²) in [6.45, 7) is 0. The van der Waals surface area contributed by atoms with Crippen molar-refractivity contribution >= 4 is 106 Å². The van der Waals surface area contributed by atoms with Gasteiger partial charge in [0.2, 0.25) is 0 Å². The van der Waals surface area contributed by atoms with Crippen LogP contribution in [0.5, 0.6) is 0 Å². The predicted octanol–water partition coefficient (Wildman–Crippen LogP) is 16.1. The molecule has 292 valence electrons. The Morgan fingerprint density at radius 3 is 1.73 bits per heavy atom. The van der Waals surface area contributed by atoms with E-state index in [-0.39, 0.29) is 0 Å². The van der Waals surface area contributed by atoms with Crippen molar-refractivity contribution in [2.75, 3.05) is 0 Å². The number of benzene rings is 10. The third kappa shape index (κ3) is 5.11. The summed E-state index contributed by atoms with van der Waals surface area (Å²) in [5, 5.41) is 12.7. The second kappa shape index (κ2) is 13.4. The normalized spacial score (nSPS) is 12.1. The van der Waals surface area contributed by atoms with E-state index in [1.54, 1.807) is 0 Å². The maximum atomic E-state index is 5.30. The van der Waals surface area contributed by atoms with Crippen molar-refractivity contribution in [2.45, 2.75) is 0 Å². The van der Waals surface area contributed by atoms with Crippen molar-refractivity contribution < 1.29 is 0 Å². The predicted molar refractivity (Wildman–Crippen MR) is 268 cm³/mol. The minimum absolute atomic E-state index is 0.658. The molecule has 0 aliphatic heterocycles. The van der Waals surface area contributed by atoms with Crippen molar-refractivity contribution in [3.05, 3.63) is 194 Å². The van der Waals surface area contributed by atoms with E-state index >= 15 is 0 Å². The van der Waals surface area contributed by atoms with Gasteiger partial charge in [0, 0.05) is 84.4 Å². The van der Waals surface area contributed by atoms with Gasteiger partial charge in [-0.1, -0.05) is 152 Å². The summed E-state index contributed by atoms with van der Waals surface area (Å²) in [7, 11) is 0. The first kappa shape index (κ1) is 34.9. The molecule has 6 heteroatoms. The first-order chi connectivity index (χ1) is 31.2. The Morgan fingerprint density at radius 2 is 0.905 bits per heavy atom. The standard InChI is InChI=1S/C57H32N4S2/c1-3-14-33(15-4-1)55-58-56(34-28-29-38-37-19-9-10-27-48(37)62-49(38)32-34)60-57(59-55)45-25-12-24-44-43-23-11-22-42(53(43)63-54(44)45)41-30-31-47-52-50(41)39-20-8-7-18-36(39)40-21-13-26-46(51(40)52)61(47)35-16-5-2-6-17-35/h1-32H. The molecule has 4 aromatic heterocycles. The number of hydrogen-bond donors (Lipinski definition) is 0. The zero-order valence-corrected chi connectivity index (χ0v) is 35.2. The van der Waals surface area contributed by atoms with Crippen LogP contribution in [0.4, 0.5) is 0 Å². The Labute approximate surface area is 369 Å². The van der Waals surface area contributed by atoms with E-state index in [0.717, 1.165) is 27.1 Å². The van der Waals surface area contributed by atoms with Crippen LogP contribution in [0.1, 0.15) is 0 Å². The lowest BCUT2D eigenvalue weighted by Crippen LogP contribution is -2.00. The molecular formula is C57H32N4S2. The van der Waals surface area contributed by atoms with Crippen LogP contribution in [0.25, 0.3) is 135 Å². The zero-order chi connectivity index (χ0) is 41.2. The van der Waals surface area contributed by atoms with Gasteiger partial charge in [0.15, 0.2) is 17.5 Å². The van der Waals surface area contributed by atoms with Crippen molar-refractivity contribution in [1.29, 1.82) is 0 Å². The Bertz CT molecular complexity index is 4140. The summed E-state index contributed by atoms with van der Waals surface area (Å²) in [6.07, 6.45) is 0. The van der Waals surface area contributed by atoms with E-state index in [0.29, 0.717) is 17.5 Å². The fraction of sp³-hybridized carbons (Fsp3) is 0. The lowest BCUT2D eigenvalue weighted by molar-refractivity contribution is 1.08. The number of hydrogen-bond acceptors (Lipinski definition) is 5. The molecule has 14 rings (SSSR count). The molecule has 0 aliphatic carbocycles. The van der Waals surface area contributed by atoms with Gasteiger partial charge in [0.05, 0.1) is 11.0 Å². The van der Waals surface area contributed by atoms with Crippen LogP contribution in [0.3, 0.4) is 0 Å². The highest BCUT2D eigenvalue weighted by molar-refractivity contribution is 7.27. The van der Waals surface area contributed by atoms with Crippen LogP contribution >= 0.6 is 22.7 Å². The molecular weight excluding hydrogens is 805 g/mol. The second-order valence-electron chi connectivity index (χ2n) is 16.2. The maximum absolute atomic E-state index is 5.30. The molecule has 0 unspecified atom stereocenters. The van der Waals surface area contributed by atoms with E-state index < -0.39 is 0 Å². The molecule has 0 spiro atoms. The molecule has 0 fully saturated rings. The molecule has 0 saturated heterocycles. The minimum Gasteiger partial charge on any atom is -0.309 e. The van der Waals surface area contributed by atoms with Gasteiger partial charge in [0.25, 0.3) is 0 Å². The quantitative estimate of drug-likeness (QED) is 0.162. The van der Waals surface area contributed by atoms with E-state index in [9.17, 15) is 0 Å². The lowest BCUT2D eigenvalue weighted by atomic mass is 9.89. The summed E-state index contributed by atoms with van der Waals surface area (Å²) in [5.41, 5.74) is 9.00. The Kier molecular flexibility index (Phi) is 7.40. The number of thiophene rings is 2. The lowest BCUT2D eigenvalue weighted by Gasteiger charge is -2.14. The average molecular weight is 837 g/mol. The molecule has 0 amide bonds. The molecule has 0 bridgehead atoms. The van der Waals surface area contributed by atoms with Crippen LogP contribution < -0.4 is 0 Å². The fourth-order valence-electron chi connectivity index (χ4n) is 10.1. The third-order valence-electron chi connectivity index (χ3n) is 12.8. The Morgan fingerprint density at radius 1 is 0.317 bits per heavy atom. The van der Waals surface area contributed by atoms with E-state index in [1.165, 1.54) is 90.1 Å². The summed E-state index contributed by atoms with van der Waals surface area (Å²) < 4.78 is 7.34. The molecule has 0 aliphatic rings. The van der Waals surface area contributed by atoms with Crippen LogP contribution in [-0.4, -0.2) is 19.5 Å². The van der Waals surface area contributed by atoms with E-state index in [4.69, 9.17) is 15.0 Å². The van der Waals surface area contributed by atoms with Gasteiger partial charge in [-0.25, -0.2) is 15.0 Å². The smallest absolute Gasteiger partial charge is 0.165 e. The Balaban J connectivity index is 1.01. The number of nitrogens with zero attached hydrogens (tertiary/aromatic N) is 4. The van der Waals surface area contributed by atoms with Crippen molar-refractivity contribution in [2.24, 2.45) is 0 Å². The van der Waals surface area contributed by atoms with Gasteiger partial charge in [-0.3, -0.25) is 0 Å². The van der Waals surface area contributed by atoms with Crippen molar-refractivity contribution in [1.82, 2.24) is 19.5 Å². The van der Waals surface area contributed by atoms with Crippen molar-refractivity contribution in [3.8, 4) is 51.0 Å². The number of para-hydroxylation sites is 1. The summed E-state index contributed by atoms with van der Waals surface area (Å²) in [5.74, 6) is 1.99. The average Bonchev–Trinajstić information content (AvgIpc) is 4.04. The summed E-state index contributed by atoms with van der Waals surface area (Å²) >= 11 is 3.64. The number of fused-ring (bicyclic) bond motifs is 9. The summed E-state index contributed by atoms with van der Waals surface area (Å²) in [4.78, 5) is 15.7. The highest BCUT2D eigenvalue weighted by Crippen LogP contribution is 2.50. The monoisotopic (exact) mass is 836 g/mol. The fourth-order valence-corrected chi connectivity index (χ4v) is 12.6. The highest BCUT2D eigenvalue weighted by Gasteiger charge is 2.24. The number of rotatable bonds is 5. The molecule has 0 radical (unpaired) electrons. The highest BCUT2D eigenvalue weighted by atomic mass is 32.1. The van der Waals surface area contributed by atoms with Gasteiger partial charge in [-0.05, 0) is 64.2 Å². The molecule has 10 aromatic carbocycles. The third-order valence-corrected chi connectivity index (χ3v) is 15.2. The van der Waals surface area contributed by atoms with Gasteiger partial charge in [-0.2, -0.15) is 0 Å².